The van der Waals surface area contributed by atoms with Gasteiger partial charge >= 0.3 is 0 Å². The first kappa shape index (κ1) is 15.8. The standard InChI is InChI=1S/C19H21N5O/c1-12-13(2)21-17(20-12)11-24-9-8-16-15(10-24)19(25)23-18(22-16)14-6-4-3-5-7-14/h3-7H,8-11H2,1-2H3,(H,20,21)(H,22,23,25). The average molecular weight is 335 g/mol. The van der Waals surface area contributed by atoms with Gasteiger partial charge in [0.1, 0.15) is 11.6 Å². The van der Waals surface area contributed by atoms with Crippen molar-refractivity contribution in [3.63, 3.8) is 0 Å². The highest BCUT2D eigenvalue weighted by atomic mass is 16.1. The number of rotatable bonds is 3. The molecule has 2 aromatic heterocycles. The highest BCUT2D eigenvalue weighted by Crippen LogP contribution is 2.19. The zero-order valence-corrected chi connectivity index (χ0v) is 14.5. The molecule has 0 spiro atoms. The van der Waals surface area contributed by atoms with Crippen LogP contribution in [0.3, 0.4) is 0 Å². The lowest BCUT2D eigenvalue weighted by Gasteiger charge is -2.26. The number of fused-ring (bicyclic) bond motifs is 1. The third kappa shape index (κ3) is 3.13. The monoisotopic (exact) mass is 335 g/mol. The summed E-state index contributed by atoms with van der Waals surface area (Å²) in [5.41, 5.74) is 4.70. The van der Waals surface area contributed by atoms with Crippen LogP contribution in [0.1, 0.15) is 28.5 Å². The molecule has 0 saturated carbocycles. The van der Waals surface area contributed by atoms with E-state index in [1.54, 1.807) is 0 Å². The summed E-state index contributed by atoms with van der Waals surface area (Å²) in [6.07, 6.45) is 0.776. The third-order valence-corrected chi connectivity index (χ3v) is 4.75. The molecule has 3 heterocycles. The Bertz CT molecular complexity index is 938. The lowest BCUT2D eigenvalue weighted by molar-refractivity contribution is 0.236. The van der Waals surface area contributed by atoms with Crippen LogP contribution in [0, 0.1) is 13.8 Å². The van der Waals surface area contributed by atoms with Gasteiger partial charge in [-0.15, -0.1) is 0 Å². The van der Waals surface area contributed by atoms with E-state index in [1.165, 1.54) is 0 Å². The van der Waals surface area contributed by atoms with E-state index in [0.29, 0.717) is 18.9 Å². The highest BCUT2D eigenvalue weighted by Gasteiger charge is 2.22. The maximum absolute atomic E-state index is 12.6. The fourth-order valence-corrected chi connectivity index (χ4v) is 3.26. The van der Waals surface area contributed by atoms with Gasteiger partial charge in [-0.3, -0.25) is 9.69 Å². The minimum atomic E-state index is -0.0413. The highest BCUT2D eigenvalue weighted by molar-refractivity contribution is 5.54. The van der Waals surface area contributed by atoms with Crippen LogP contribution in [-0.2, 0) is 19.5 Å². The van der Waals surface area contributed by atoms with Crippen LogP contribution in [0.2, 0.25) is 0 Å². The van der Waals surface area contributed by atoms with E-state index >= 15 is 0 Å². The number of hydrogen-bond acceptors (Lipinski definition) is 4. The molecule has 1 aromatic carbocycles. The average Bonchev–Trinajstić information content (AvgIpc) is 2.93. The van der Waals surface area contributed by atoms with Gasteiger partial charge in [-0.05, 0) is 13.8 Å². The molecule has 0 amide bonds. The second kappa shape index (κ2) is 6.29. The Morgan fingerprint density at radius 2 is 1.92 bits per heavy atom. The molecular weight excluding hydrogens is 314 g/mol. The van der Waals surface area contributed by atoms with E-state index in [-0.39, 0.29) is 5.56 Å². The molecule has 128 valence electrons. The number of aryl methyl sites for hydroxylation is 2. The fourth-order valence-electron chi connectivity index (χ4n) is 3.26. The number of nitrogens with one attached hydrogen (secondary N) is 2. The van der Waals surface area contributed by atoms with E-state index in [9.17, 15) is 4.79 Å². The molecule has 25 heavy (non-hydrogen) atoms. The van der Waals surface area contributed by atoms with Crippen LogP contribution in [0.25, 0.3) is 11.4 Å². The maximum Gasteiger partial charge on any atom is 0.255 e. The largest absolute Gasteiger partial charge is 0.345 e. The molecule has 6 nitrogen and oxygen atoms in total. The summed E-state index contributed by atoms with van der Waals surface area (Å²) >= 11 is 0. The second-order valence-corrected chi connectivity index (χ2v) is 6.56. The van der Waals surface area contributed by atoms with Crippen LogP contribution in [0.15, 0.2) is 35.1 Å². The Kier molecular flexibility index (Phi) is 3.97. The Labute approximate surface area is 146 Å². The van der Waals surface area contributed by atoms with Crippen molar-refractivity contribution >= 4 is 0 Å². The predicted molar refractivity (Wildman–Crippen MR) is 96.2 cm³/mol. The van der Waals surface area contributed by atoms with Crippen LogP contribution < -0.4 is 5.56 Å². The van der Waals surface area contributed by atoms with Crippen molar-refractivity contribution < 1.29 is 0 Å². The normalized spacial score (nSPS) is 14.5. The summed E-state index contributed by atoms with van der Waals surface area (Å²) in [4.78, 5) is 30.3. The number of imidazole rings is 1. The fraction of sp³-hybridized carbons (Fsp3) is 0.316. The van der Waals surface area contributed by atoms with Gasteiger partial charge < -0.3 is 9.97 Å². The maximum atomic E-state index is 12.6. The van der Waals surface area contributed by atoms with Gasteiger partial charge in [0.15, 0.2) is 0 Å². The number of H-pyrrole nitrogens is 2. The lowest BCUT2D eigenvalue weighted by atomic mass is 10.1. The van der Waals surface area contributed by atoms with E-state index in [4.69, 9.17) is 4.98 Å². The number of nitrogens with zero attached hydrogens (tertiary/aromatic N) is 3. The minimum Gasteiger partial charge on any atom is -0.345 e. The molecule has 0 fully saturated rings. The van der Waals surface area contributed by atoms with Crippen molar-refractivity contribution in [1.29, 1.82) is 0 Å². The Hall–Kier alpha value is -2.73. The zero-order valence-electron chi connectivity index (χ0n) is 14.5. The molecule has 0 saturated heterocycles. The molecule has 0 unspecified atom stereocenters. The SMILES string of the molecule is Cc1nc(CN2CCc3nc(-c4ccccc4)[nH]c(=O)c3C2)[nH]c1C. The summed E-state index contributed by atoms with van der Waals surface area (Å²) in [7, 11) is 0. The Balaban J connectivity index is 1.58. The van der Waals surface area contributed by atoms with E-state index in [2.05, 4.69) is 19.9 Å². The van der Waals surface area contributed by atoms with E-state index in [0.717, 1.165) is 47.0 Å². The zero-order chi connectivity index (χ0) is 17.4. The summed E-state index contributed by atoms with van der Waals surface area (Å²) in [6.45, 7) is 6.22. The van der Waals surface area contributed by atoms with Gasteiger partial charge in [-0.25, -0.2) is 9.97 Å². The minimum absolute atomic E-state index is 0.0413. The van der Waals surface area contributed by atoms with Gasteiger partial charge in [0.2, 0.25) is 0 Å². The molecule has 1 aliphatic rings. The summed E-state index contributed by atoms with van der Waals surface area (Å²) in [5, 5.41) is 0. The molecule has 0 aliphatic carbocycles. The Morgan fingerprint density at radius 3 is 2.64 bits per heavy atom. The number of benzene rings is 1. The van der Waals surface area contributed by atoms with Crippen molar-refractivity contribution in [3.8, 4) is 11.4 Å². The van der Waals surface area contributed by atoms with Crippen molar-refractivity contribution in [1.82, 2.24) is 24.8 Å². The molecule has 0 radical (unpaired) electrons. The molecule has 0 atom stereocenters. The van der Waals surface area contributed by atoms with Crippen LogP contribution in [-0.4, -0.2) is 31.4 Å². The number of aromatic nitrogens is 4. The van der Waals surface area contributed by atoms with Gasteiger partial charge in [0.25, 0.3) is 5.56 Å². The molecule has 1 aliphatic heterocycles. The molecule has 4 rings (SSSR count). The molecule has 2 N–H and O–H groups in total. The summed E-state index contributed by atoms with van der Waals surface area (Å²) in [6, 6.07) is 9.77. The number of hydrogen-bond donors (Lipinski definition) is 2. The van der Waals surface area contributed by atoms with E-state index < -0.39 is 0 Å². The third-order valence-electron chi connectivity index (χ3n) is 4.75. The smallest absolute Gasteiger partial charge is 0.255 e. The van der Waals surface area contributed by atoms with Gasteiger partial charge in [-0.2, -0.15) is 0 Å². The van der Waals surface area contributed by atoms with Gasteiger partial charge in [0.05, 0.1) is 23.5 Å². The predicted octanol–water partition coefficient (Wildman–Crippen LogP) is 2.34. The summed E-state index contributed by atoms with van der Waals surface area (Å²) in [5.74, 6) is 1.60. The molecule has 3 aromatic rings. The Morgan fingerprint density at radius 1 is 1.12 bits per heavy atom. The first-order valence-electron chi connectivity index (χ1n) is 8.52. The van der Waals surface area contributed by atoms with Gasteiger partial charge in [0, 0.05) is 30.8 Å². The van der Waals surface area contributed by atoms with Gasteiger partial charge in [-0.1, -0.05) is 30.3 Å². The van der Waals surface area contributed by atoms with E-state index in [1.807, 2.05) is 44.2 Å². The molecule has 6 heteroatoms. The van der Waals surface area contributed by atoms with Crippen molar-refractivity contribution in [2.45, 2.75) is 33.4 Å². The van der Waals surface area contributed by atoms with Crippen LogP contribution in [0.4, 0.5) is 0 Å². The summed E-state index contributed by atoms with van der Waals surface area (Å²) < 4.78 is 0. The second-order valence-electron chi connectivity index (χ2n) is 6.56. The first-order chi connectivity index (χ1) is 12.1. The molecule has 0 bridgehead atoms. The topological polar surface area (TPSA) is 77.7 Å². The molecular formula is C19H21N5O. The quantitative estimate of drug-likeness (QED) is 0.770. The van der Waals surface area contributed by atoms with Crippen LogP contribution in [0.5, 0.6) is 0 Å². The lowest BCUT2D eigenvalue weighted by Crippen LogP contribution is -2.35. The van der Waals surface area contributed by atoms with Crippen LogP contribution >= 0.6 is 0 Å². The van der Waals surface area contributed by atoms with Crippen molar-refractivity contribution in [2.24, 2.45) is 0 Å². The first-order valence-corrected chi connectivity index (χ1v) is 8.52. The van der Waals surface area contributed by atoms with Crippen molar-refractivity contribution in [2.75, 3.05) is 6.54 Å². The number of aromatic amines is 2. The van der Waals surface area contributed by atoms with Crippen molar-refractivity contribution in [3.05, 3.63) is 69.2 Å².